The normalized spacial score (nSPS) is 24.2. The van der Waals surface area contributed by atoms with Crippen LogP contribution in [0.25, 0.3) is 21.9 Å². The predicted molar refractivity (Wildman–Crippen MR) is 109 cm³/mol. The number of aromatic nitrogens is 2. The Morgan fingerprint density at radius 2 is 2.14 bits per heavy atom. The summed E-state index contributed by atoms with van der Waals surface area (Å²) < 4.78 is 29.2. The van der Waals surface area contributed by atoms with Crippen molar-refractivity contribution in [2.24, 2.45) is 5.41 Å². The number of fused-ring (bicyclic) bond motifs is 3. The summed E-state index contributed by atoms with van der Waals surface area (Å²) in [6.07, 6.45) is 3.81. The van der Waals surface area contributed by atoms with Crippen molar-refractivity contribution < 1.29 is 8.78 Å². The summed E-state index contributed by atoms with van der Waals surface area (Å²) in [7, 11) is 5.89. The van der Waals surface area contributed by atoms with Gasteiger partial charge in [0.05, 0.1) is 38.9 Å². The van der Waals surface area contributed by atoms with E-state index in [9.17, 15) is 8.78 Å². The van der Waals surface area contributed by atoms with Crippen LogP contribution in [0.4, 0.5) is 20.2 Å². The van der Waals surface area contributed by atoms with E-state index >= 15 is 0 Å². The Hall–Kier alpha value is -2.12. The van der Waals surface area contributed by atoms with E-state index in [0.717, 1.165) is 37.7 Å². The summed E-state index contributed by atoms with van der Waals surface area (Å²) in [6, 6.07) is 1.71. The van der Waals surface area contributed by atoms with Crippen LogP contribution in [0.1, 0.15) is 12.8 Å². The Bertz CT molecular complexity index is 1110. The first kappa shape index (κ1) is 17.9. The van der Waals surface area contributed by atoms with Crippen LogP contribution in [0, 0.1) is 17.0 Å². The molecule has 8 heteroatoms. The lowest BCUT2D eigenvalue weighted by Crippen LogP contribution is -2.26. The summed E-state index contributed by atoms with van der Waals surface area (Å²) in [5.41, 5.74) is 2.50. The fourth-order valence-corrected chi connectivity index (χ4v) is 5.27. The molecule has 3 heterocycles. The monoisotopic (exact) mass is 405 g/mol. The molecule has 1 aliphatic heterocycles. The molecule has 1 aliphatic carbocycles. The summed E-state index contributed by atoms with van der Waals surface area (Å²) >= 11 is 6.56. The minimum Gasteiger partial charge on any atom is -0.386 e. The quantitative estimate of drug-likeness (QED) is 0.685. The topological polar surface area (TPSA) is 47.2 Å². The van der Waals surface area contributed by atoms with Crippen molar-refractivity contribution in [3.63, 3.8) is 0 Å². The molecule has 5 rings (SSSR count). The van der Waals surface area contributed by atoms with Crippen molar-refractivity contribution in [3.8, 4) is 0 Å². The van der Waals surface area contributed by atoms with Crippen LogP contribution in [0.15, 0.2) is 12.3 Å². The molecule has 148 valence electrons. The molecule has 1 saturated heterocycles. The molecule has 2 aliphatic rings. The van der Waals surface area contributed by atoms with Crippen LogP contribution in [0.3, 0.4) is 0 Å². The molecule has 0 bridgehead atoms. The van der Waals surface area contributed by atoms with Crippen molar-refractivity contribution in [1.82, 2.24) is 14.9 Å². The molecular weight excluding hydrogens is 384 g/mol. The first-order chi connectivity index (χ1) is 13.4. The first-order valence-corrected chi connectivity index (χ1v) is 9.81. The highest BCUT2D eigenvalue weighted by Gasteiger charge is 2.58. The molecule has 0 amide bonds. The number of anilines is 2. The third-order valence-corrected chi connectivity index (χ3v) is 6.74. The van der Waals surface area contributed by atoms with E-state index in [4.69, 9.17) is 11.6 Å². The van der Waals surface area contributed by atoms with Crippen LogP contribution in [0.2, 0.25) is 5.02 Å². The molecule has 2 fully saturated rings. The molecule has 2 aromatic heterocycles. The van der Waals surface area contributed by atoms with Gasteiger partial charge in [-0.25, -0.2) is 13.8 Å². The Labute approximate surface area is 166 Å². The van der Waals surface area contributed by atoms with E-state index < -0.39 is 11.6 Å². The third-order valence-electron chi connectivity index (χ3n) is 6.46. The second-order valence-electron chi connectivity index (χ2n) is 8.24. The van der Waals surface area contributed by atoms with Gasteiger partial charge in [-0.1, -0.05) is 11.6 Å². The molecule has 3 aromatic rings. The maximum atomic E-state index is 14.9. The summed E-state index contributed by atoms with van der Waals surface area (Å²) in [6.45, 7) is 1.70. The highest BCUT2D eigenvalue weighted by Crippen LogP contribution is 2.57. The van der Waals surface area contributed by atoms with Crippen LogP contribution in [-0.2, 0) is 0 Å². The van der Waals surface area contributed by atoms with Crippen LogP contribution in [0.5, 0.6) is 0 Å². The summed E-state index contributed by atoms with van der Waals surface area (Å²) in [4.78, 5) is 12.0. The molecule has 2 N–H and O–H groups in total. The van der Waals surface area contributed by atoms with Gasteiger partial charge in [-0.15, -0.1) is 0 Å². The molecule has 28 heavy (non-hydrogen) atoms. The fourth-order valence-electron chi connectivity index (χ4n) is 5.01. The minimum absolute atomic E-state index is 0.199. The summed E-state index contributed by atoms with van der Waals surface area (Å²) in [5.74, 6) is -1.77. The molecular formula is C20H22ClF2N5. The number of H-pyrrole nitrogens is 1. The second kappa shape index (κ2) is 5.94. The number of pyridine rings is 1. The lowest BCUT2D eigenvalue weighted by atomic mass is 10.1. The van der Waals surface area contributed by atoms with E-state index in [1.807, 2.05) is 0 Å². The Morgan fingerprint density at radius 3 is 2.82 bits per heavy atom. The van der Waals surface area contributed by atoms with Gasteiger partial charge in [0.25, 0.3) is 0 Å². The molecule has 1 aromatic carbocycles. The number of benzene rings is 1. The van der Waals surface area contributed by atoms with Crippen molar-refractivity contribution in [2.75, 3.05) is 44.4 Å². The van der Waals surface area contributed by atoms with Gasteiger partial charge in [-0.2, -0.15) is 0 Å². The number of aromatic amines is 1. The molecule has 1 spiro atoms. The standard InChI is InChI=1S/C20H22ClF2N5/c1-24-12-6-11(22)16(23)14-15-18(10(21)8-25-19(15)26-17(12)14)28-5-4-20(9-28)7-13(20)27(2)3/h6,8,13,24H,4-5,7,9H2,1-3H3,(H,25,26)/t13?,20-/m1/s1. The van der Waals surface area contributed by atoms with Gasteiger partial charge in [0.15, 0.2) is 11.6 Å². The number of rotatable bonds is 3. The van der Waals surface area contributed by atoms with Crippen molar-refractivity contribution >= 4 is 44.9 Å². The smallest absolute Gasteiger partial charge is 0.169 e. The molecule has 2 atom stereocenters. The fraction of sp³-hybridized carbons (Fsp3) is 0.450. The zero-order chi connectivity index (χ0) is 19.8. The average molecular weight is 406 g/mol. The van der Waals surface area contributed by atoms with Crippen LogP contribution >= 0.6 is 11.6 Å². The number of halogens is 3. The maximum Gasteiger partial charge on any atom is 0.169 e. The average Bonchev–Trinajstić information content (AvgIpc) is 3.01. The van der Waals surface area contributed by atoms with Gasteiger partial charge in [-0.3, -0.25) is 0 Å². The van der Waals surface area contributed by atoms with E-state index in [0.29, 0.717) is 33.3 Å². The lowest BCUT2D eigenvalue weighted by Gasteiger charge is -2.22. The Morgan fingerprint density at radius 1 is 1.36 bits per heavy atom. The van der Waals surface area contributed by atoms with Gasteiger partial charge in [0.2, 0.25) is 0 Å². The van der Waals surface area contributed by atoms with Crippen molar-refractivity contribution in [2.45, 2.75) is 18.9 Å². The van der Waals surface area contributed by atoms with E-state index in [2.05, 4.69) is 39.2 Å². The Balaban J connectivity index is 1.72. The first-order valence-electron chi connectivity index (χ1n) is 9.43. The zero-order valence-corrected chi connectivity index (χ0v) is 16.8. The van der Waals surface area contributed by atoms with Crippen LogP contribution in [-0.4, -0.2) is 55.1 Å². The third kappa shape index (κ3) is 2.35. The Kier molecular flexibility index (Phi) is 3.81. The molecule has 0 radical (unpaired) electrons. The number of hydrogen-bond donors (Lipinski definition) is 2. The van der Waals surface area contributed by atoms with E-state index in [1.54, 1.807) is 13.2 Å². The van der Waals surface area contributed by atoms with E-state index in [-0.39, 0.29) is 10.8 Å². The minimum atomic E-state index is -0.892. The van der Waals surface area contributed by atoms with Gasteiger partial charge in [0.1, 0.15) is 5.65 Å². The van der Waals surface area contributed by atoms with Gasteiger partial charge >= 0.3 is 0 Å². The molecule has 1 saturated carbocycles. The van der Waals surface area contributed by atoms with Gasteiger partial charge in [-0.05, 0) is 26.9 Å². The van der Waals surface area contributed by atoms with Gasteiger partial charge in [0, 0.05) is 37.7 Å². The van der Waals surface area contributed by atoms with E-state index in [1.165, 1.54) is 0 Å². The van der Waals surface area contributed by atoms with Crippen LogP contribution < -0.4 is 10.2 Å². The van der Waals surface area contributed by atoms with Crippen molar-refractivity contribution in [1.29, 1.82) is 0 Å². The number of hydrogen-bond acceptors (Lipinski definition) is 4. The largest absolute Gasteiger partial charge is 0.386 e. The highest BCUT2D eigenvalue weighted by atomic mass is 35.5. The second-order valence-corrected chi connectivity index (χ2v) is 8.65. The number of nitrogens with one attached hydrogen (secondary N) is 2. The SMILES string of the molecule is CNc1cc(F)c(F)c2c1[nH]c1ncc(Cl)c(N3CC[C@@]4(CC4N(C)C)C3)c12. The maximum absolute atomic E-state index is 14.9. The van der Waals surface area contributed by atoms with Crippen molar-refractivity contribution in [3.05, 3.63) is 28.9 Å². The van der Waals surface area contributed by atoms with Gasteiger partial charge < -0.3 is 20.1 Å². The highest BCUT2D eigenvalue weighted by molar-refractivity contribution is 6.36. The summed E-state index contributed by atoms with van der Waals surface area (Å²) in [5, 5.41) is 4.14. The number of nitrogens with zero attached hydrogens (tertiary/aromatic N) is 3. The molecule has 5 nitrogen and oxygen atoms in total. The lowest BCUT2D eigenvalue weighted by molar-refractivity contribution is 0.335. The molecule has 1 unspecified atom stereocenters. The zero-order valence-electron chi connectivity index (χ0n) is 16.0. The predicted octanol–water partition coefficient (Wildman–Crippen LogP) is 4.22.